The van der Waals surface area contributed by atoms with Gasteiger partial charge in [0.1, 0.15) is 5.75 Å². The highest BCUT2D eigenvalue weighted by Crippen LogP contribution is 2.19. The van der Waals surface area contributed by atoms with Crippen LogP contribution in [0.5, 0.6) is 5.75 Å². The van der Waals surface area contributed by atoms with Crippen molar-refractivity contribution >= 4 is 24.0 Å². The number of hydrogen-bond acceptors (Lipinski definition) is 3. The van der Waals surface area contributed by atoms with E-state index >= 15 is 0 Å². The van der Waals surface area contributed by atoms with Crippen molar-refractivity contribution in [3.05, 3.63) is 60.2 Å². The van der Waals surface area contributed by atoms with Crippen molar-refractivity contribution in [3.63, 3.8) is 0 Å². The number of nitrogens with one attached hydrogen (secondary N) is 1. The number of carbonyl (C=O) groups is 1. The van der Waals surface area contributed by atoms with E-state index in [4.69, 9.17) is 10.5 Å². The van der Waals surface area contributed by atoms with Crippen molar-refractivity contribution in [2.24, 2.45) is 11.7 Å². The zero-order chi connectivity index (χ0) is 16.7. The number of hydrogen-bond donors (Lipinski definition) is 2. The summed E-state index contributed by atoms with van der Waals surface area (Å²) in [5.74, 6) is 1.10. The number of halogens is 1. The largest absolute Gasteiger partial charge is 0.493 e. The van der Waals surface area contributed by atoms with E-state index < -0.39 is 0 Å². The summed E-state index contributed by atoms with van der Waals surface area (Å²) in [7, 11) is 0. The summed E-state index contributed by atoms with van der Waals surface area (Å²) in [6.07, 6.45) is 0.237. The van der Waals surface area contributed by atoms with E-state index in [2.05, 4.69) is 19.2 Å². The maximum atomic E-state index is 12.1. The van der Waals surface area contributed by atoms with Crippen molar-refractivity contribution in [1.82, 2.24) is 0 Å². The molecule has 2 aromatic carbocycles. The second-order valence-corrected chi connectivity index (χ2v) is 6.00. The molecule has 0 radical (unpaired) electrons. The summed E-state index contributed by atoms with van der Waals surface area (Å²) in [5, 5.41) is 2.87. The molecular weight excluding hydrogens is 324 g/mol. The Morgan fingerprint density at radius 1 is 1.12 bits per heavy atom. The summed E-state index contributed by atoms with van der Waals surface area (Å²) in [6, 6.07) is 16.7. The van der Waals surface area contributed by atoms with E-state index in [0.29, 0.717) is 12.5 Å². The van der Waals surface area contributed by atoms with Gasteiger partial charge in [-0.25, -0.2) is 0 Å². The van der Waals surface area contributed by atoms with Crippen LogP contribution in [0.3, 0.4) is 0 Å². The third-order valence-electron chi connectivity index (χ3n) is 3.33. The lowest BCUT2D eigenvalue weighted by Crippen LogP contribution is -2.20. The minimum absolute atomic E-state index is 0. The van der Waals surface area contributed by atoms with Crippen molar-refractivity contribution < 1.29 is 9.53 Å². The fourth-order valence-electron chi connectivity index (χ4n) is 2.16. The number of amides is 1. The van der Waals surface area contributed by atoms with Crippen molar-refractivity contribution in [3.8, 4) is 5.75 Å². The zero-order valence-corrected chi connectivity index (χ0v) is 14.9. The van der Waals surface area contributed by atoms with Crippen LogP contribution in [0.1, 0.15) is 31.9 Å². The van der Waals surface area contributed by atoms with E-state index in [1.165, 1.54) is 0 Å². The molecule has 0 aromatic heterocycles. The minimum Gasteiger partial charge on any atom is -0.493 e. The van der Waals surface area contributed by atoms with Gasteiger partial charge >= 0.3 is 0 Å². The van der Waals surface area contributed by atoms with Gasteiger partial charge < -0.3 is 15.8 Å². The first kappa shape index (κ1) is 20.0. The Hall–Kier alpha value is -2.04. The maximum Gasteiger partial charge on any atom is 0.226 e. The third kappa shape index (κ3) is 6.60. The van der Waals surface area contributed by atoms with E-state index in [0.717, 1.165) is 17.0 Å². The van der Waals surface area contributed by atoms with E-state index in [1.807, 2.05) is 54.6 Å². The Morgan fingerprint density at radius 3 is 2.50 bits per heavy atom. The zero-order valence-electron chi connectivity index (χ0n) is 14.1. The molecule has 5 heteroatoms. The van der Waals surface area contributed by atoms with Gasteiger partial charge in [0.05, 0.1) is 6.61 Å². The monoisotopic (exact) mass is 348 g/mol. The molecule has 0 saturated heterocycles. The molecule has 0 saturated carbocycles. The summed E-state index contributed by atoms with van der Waals surface area (Å²) >= 11 is 0. The van der Waals surface area contributed by atoms with Gasteiger partial charge in [-0.05, 0) is 23.6 Å². The standard InChI is InChI=1S/C19H24N2O2.ClH/c1-14(2)13-23-17-10-6-9-16(11-17)21-19(22)12-18(20)15-7-4-3-5-8-15;/h3-11,14,18H,12-13,20H2,1-2H3,(H,21,22);1H. The fourth-order valence-corrected chi connectivity index (χ4v) is 2.16. The van der Waals surface area contributed by atoms with Gasteiger partial charge in [-0.1, -0.05) is 50.2 Å². The van der Waals surface area contributed by atoms with Crippen LogP contribution < -0.4 is 15.8 Å². The quantitative estimate of drug-likeness (QED) is 0.789. The van der Waals surface area contributed by atoms with Gasteiger partial charge in [0.25, 0.3) is 0 Å². The van der Waals surface area contributed by atoms with Crippen LogP contribution in [0.2, 0.25) is 0 Å². The van der Waals surface area contributed by atoms with Crippen LogP contribution >= 0.6 is 12.4 Å². The summed E-state index contributed by atoms with van der Waals surface area (Å²) in [6.45, 7) is 4.84. The highest BCUT2D eigenvalue weighted by molar-refractivity contribution is 5.91. The van der Waals surface area contributed by atoms with Gasteiger partial charge in [-0.3, -0.25) is 4.79 Å². The van der Waals surface area contributed by atoms with E-state index in [9.17, 15) is 4.79 Å². The molecule has 0 aliphatic heterocycles. The predicted molar refractivity (Wildman–Crippen MR) is 101 cm³/mol. The van der Waals surface area contributed by atoms with Crippen LogP contribution in [0.15, 0.2) is 54.6 Å². The molecular formula is C19H25ClN2O2. The van der Waals surface area contributed by atoms with Crippen LogP contribution in [-0.4, -0.2) is 12.5 Å². The molecule has 1 atom stereocenters. The SMILES string of the molecule is CC(C)COc1cccc(NC(=O)CC(N)c2ccccc2)c1.Cl. The second-order valence-electron chi connectivity index (χ2n) is 6.00. The number of ether oxygens (including phenoxy) is 1. The first-order chi connectivity index (χ1) is 11.0. The lowest BCUT2D eigenvalue weighted by atomic mass is 10.0. The van der Waals surface area contributed by atoms with Gasteiger partial charge in [-0.2, -0.15) is 0 Å². The molecule has 1 amide bonds. The fraction of sp³-hybridized carbons (Fsp3) is 0.316. The molecule has 0 spiro atoms. The molecule has 130 valence electrons. The van der Waals surface area contributed by atoms with Crippen LogP contribution in [0.4, 0.5) is 5.69 Å². The Labute approximate surface area is 149 Å². The van der Waals surface area contributed by atoms with Crippen LogP contribution in [0, 0.1) is 5.92 Å². The third-order valence-corrected chi connectivity index (χ3v) is 3.33. The van der Waals surface area contributed by atoms with E-state index in [-0.39, 0.29) is 30.8 Å². The van der Waals surface area contributed by atoms with Crippen molar-refractivity contribution in [2.75, 3.05) is 11.9 Å². The highest BCUT2D eigenvalue weighted by atomic mass is 35.5. The molecule has 0 aliphatic carbocycles. The Morgan fingerprint density at radius 2 is 1.83 bits per heavy atom. The highest BCUT2D eigenvalue weighted by Gasteiger charge is 2.11. The van der Waals surface area contributed by atoms with Crippen LogP contribution in [0.25, 0.3) is 0 Å². The van der Waals surface area contributed by atoms with Crippen molar-refractivity contribution in [1.29, 1.82) is 0 Å². The van der Waals surface area contributed by atoms with Gasteiger partial charge in [0.2, 0.25) is 5.91 Å². The number of carbonyl (C=O) groups excluding carboxylic acids is 1. The Balaban J connectivity index is 0.00000288. The first-order valence-corrected chi connectivity index (χ1v) is 7.88. The molecule has 0 aliphatic rings. The molecule has 0 heterocycles. The average Bonchev–Trinajstić information content (AvgIpc) is 2.54. The topological polar surface area (TPSA) is 64.3 Å². The maximum absolute atomic E-state index is 12.1. The number of nitrogens with two attached hydrogens (primary N) is 1. The molecule has 24 heavy (non-hydrogen) atoms. The second kappa shape index (κ2) is 9.96. The first-order valence-electron chi connectivity index (χ1n) is 7.88. The number of rotatable bonds is 7. The molecule has 4 nitrogen and oxygen atoms in total. The number of anilines is 1. The molecule has 1 unspecified atom stereocenters. The van der Waals surface area contributed by atoms with Crippen LogP contribution in [-0.2, 0) is 4.79 Å². The molecule has 0 bridgehead atoms. The summed E-state index contributed by atoms with van der Waals surface area (Å²) in [5.41, 5.74) is 7.75. The lowest BCUT2D eigenvalue weighted by Gasteiger charge is -2.13. The van der Waals surface area contributed by atoms with Gasteiger partial charge in [-0.15, -0.1) is 12.4 Å². The Bertz CT molecular complexity index is 632. The minimum atomic E-state index is -0.309. The summed E-state index contributed by atoms with van der Waals surface area (Å²) < 4.78 is 5.66. The molecule has 3 N–H and O–H groups in total. The molecule has 2 rings (SSSR count). The summed E-state index contributed by atoms with van der Waals surface area (Å²) in [4.78, 5) is 12.1. The number of benzene rings is 2. The van der Waals surface area contributed by atoms with Gasteiger partial charge in [0.15, 0.2) is 0 Å². The van der Waals surface area contributed by atoms with Gasteiger partial charge in [0, 0.05) is 24.2 Å². The van der Waals surface area contributed by atoms with Crippen molar-refractivity contribution in [2.45, 2.75) is 26.3 Å². The Kier molecular flexibility index (Phi) is 8.30. The molecule has 0 fully saturated rings. The van der Waals surface area contributed by atoms with E-state index in [1.54, 1.807) is 0 Å². The predicted octanol–water partition coefficient (Wildman–Crippen LogP) is 4.17. The average molecular weight is 349 g/mol. The lowest BCUT2D eigenvalue weighted by molar-refractivity contribution is -0.116. The smallest absolute Gasteiger partial charge is 0.226 e. The molecule has 2 aromatic rings. The normalized spacial score (nSPS) is 11.5.